The number of ketones is 1. The molecule has 1 aliphatic rings. The zero-order chi connectivity index (χ0) is 23.1. The number of aryl methyl sites for hydroxylation is 2. The van der Waals surface area contributed by atoms with Gasteiger partial charge >= 0.3 is 5.97 Å². The van der Waals surface area contributed by atoms with Gasteiger partial charge in [0.2, 0.25) is 10.0 Å². The van der Waals surface area contributed by atoms with Crippen LogP contribution in [0, 0.1) is 6.92 Å². The van der Waals surface area contributed by atoms with Crippen LogP contribution in [0.1, 0.15) is 51.6 Å². The van der Waals surface area contributed by atoms with Gasteiger partial charge in [-0.2, -0.15) is 4.31 Å². The van der Waals surface area contributed by atoms with Crippen LogP contribution in [0.25, 0.3) is 0 Å². The Morgan fingerprint density at radius 1 is 1.03 bits per heavy atom. The zero-order valence-electron chi connectivity index (χ0n) is 18.5. The van der Waals surface area contributed by atoms with Gasteiger partial charge in [0.25, 0.3) is 0 Å². The summed E-state index contributed by atoms with van der Waals surface area (Å²) in [5, 5.41) is 0. The van der Waals surface area contributed by atoms with E-state index in [1.807, 2.05) is 12.1 Å². The lowest BCUT2D eigenvalue weighted by molar-refractivity contribution is 0.0474. The molecule has 0 aromatic heterocycles. The third-order valence-electron chi connectivity index (χ3n) is 5.44. The number of Topliss-reactive ketones (excluding diaryl/α,β-unsaturated/α-hetero) is 1. The van der Waals surface area contributed by atoms with E-state index in [1.165, 1.54) is 16.4 Å². The number of carbonyl (C=O) groups excluding carboxylic acids is 2. The van der Waals surface area contributed by atoms with Gasteiger partial charge in [-0.3, -0.25) is 4.79 Å². The third kappa shape index (κ3) is 5.82. The fourth-order valence-corrected chi connectivity index (χ4v) is 5.13. The zero-order valence-corrected chi connectivity index (χ0v) is 19.3. The summed E-state index contributed by atoms with van der Waals surface area (Å²) in [6.07, 6.45) is 3.15. The predicted octanol–water partition coefficient (Wildman–Crippen LogP) is 3.40. The van der Waals surface area contributed by atoms with Crippen molar-refractivity contribution in [1.82, 2.24) is 4.31 Å². The summed E-state index contributed by atoms with van der Waals surface area (Å²) in [5.74, 6) is -1.05. The van der Waals surface area contributed by atoms with Crippen molar-refractivity contribution < 1.29 is 27.5 Å². The summed E-state index contributed by atoms with van der Waals surface area (Å²) in [4.78, 5) is 25.0. The molecule has 0 N–H and O–H groups in total. The molecule has 0 spiro atoms. The van der Waals surface area contributed by atoms with E-state index >= 15 is 0 Å². The van der Waals surface area contributed by atoms with Crippen molar-refractivity contribution >= 4 is 21.8 Å². The molecule has 1 aliphatic heterocycles. The van der Waals surface area contributed by atoms with Crippen molar-refractivity contribution in [1.29, 1.82) is 0 Å². The van der Waals surface area contributed by atoms with Gasteiger partial charge < -0.3 is 9.47 Å². The summed E-state index contributed by atoms with van der Waals surface area (Å²) in [6, 6.07) is 11.7. The van der Waals surface area contributed by atoms with Crippen molar-refractivity contribution in [3.63, 3.8) is 0 Å². The normalized spacial score (nSPS) is 14.8. The summed E-state index contributed by atoms with van der Waals surface area (Å²) >= 11 is 0. The maximum Gasteiger partial charge on any atom is 0.338 e. The third-order valence-corrected chi connectivity index (χ3v) is 7.48. The van der Waals surface area contributed by atoms with Crippen molar-refractivity contribution in [2.24, 2.45) is 0 Å². The monoisotopic (exact) mass is 459 g/mol. The Morgan fingerprint density at radius 3 is 2.34 bits per heavy atom. The van der Waals surface area contributed by atoms with Gasteiger partial charge in [0.05, 0.1) is 23.7 Å². The molecule has 0 unspecified atom stereocenters. The second kappa shape index (κ2) is 10.8. The van der Waals surface area contributed by atoms with E-state index in [4.69, 9.17) is 9.47 Å². The summed E-state index contributed by atoms with van der Waals surface area (Å²) in [5.41, 5.74) is 2.25. The minimum Gasteiger partial charge on any atom is -0.454 e. The summed E-state index contributed by atoms with van der Waals surface area (Å²) in [7, 11) is -3.76. The molecule has 2 aromatic carbocycles. The number of hydrogen-bond acceptors (Lipinski definition) is 6. The van der Waals surface area contributed by atoms with Gasteiger partial charge in [0, 0.05) is 18.7 Å². The number of rotatable bonds is 9. The maximum absolute atomic E-state index is 13.0. The van der Waals surface area contributed by atoms with Crippen LogP contribution in [0.2, 0.25) is 0 Å². The molecule has 0 bridgehead atoms. The number of sulfonamides is 1. The standard InChI is InChI=1S/C24H29NO6S/c1-3-4-5-19-7-10-20(11-8-19)22(26)17-31-24(27)21-9-6-18(2)23(16-21)32(28,29)25-12-14-30-15-13-25/h6-11,16H,3-5,12-15,17H2,1-2H3. The first-order valence-electron chi connectivity index (χ1n) is 10.8. The number of carbonyl (C=O) groups is 2. The number of ether oxygens (including phenoxy) is 2. The minimum absolute atomic E-state index is 0.0582. The highest BCUT2D eigenvalue weighted by atomic mass is 32.2. The van der Waals surface area contributed by atoms with Gasteiger partial charge in [0.15, 0.2) is 12.4 Å². The van der Waals surface area contributed by atoms with Crippen LogP contribution in [0.15, 0.2) is 47.4 Å². The molecular formula is C24H29NO6S. The molecule has 1 fully saturated rings. The smallest absolute Gasteiger partial charge is 0.338 e. The molecule has 0 atom stereocenters. The molecule has 32 heavy (non-hydrogen) atoms. The Bertz CT molecular complexity index is 1060. The number of esters is 1. The fourth-order valence-electron chi connectivity index (χ4n) is 3.47. The van der Waals surface area contributed by atoms with Gasteiger partial charge in [-0.1, -0.05) is 43.7 Å². The average molecular weight is 460 g/mol. The van der Waals surface area contributed by atoms with E-state index in [-0.39, 0.29) is 29.3 Å². The van der Waals surface area contributed by atoms with Crippen molar-refractivity contribution in [3.05, 3.63) is 64.7 Å². The van der Waals surface area contributed by atoms with E-state index in [2.05, 4.69) is 6.92 Å². The molecule has 172 valence electrons. The van der Waals surface area contributed by atoms with Gasteiger partial charge in [-0.05, 0) is 43.0 Å². The predicted molar refractivity (Wildman–Crippen MR) is 120 cm³/mol. The number of hydrogen-bond donors (Lipinski definition) is 0. The molecule has 0 amide bonds. The van der Waals surface area contributed by atoms with Crippen LogP contribution in [0.5, 0.6) is 0 Å². The minimum atomic E-state index is -3.76. The second-order valence-corrected chi connectivity index (χ2v) is 9.70. The van der Waals surface area contributed by atoms with Crippen molar-refractivity contribution in [3.8, 4) is 0 Å². The number of benzene rings is 2. The molecule has 7 nitrogen and oxygen atoms in total. The maximum atomic E-state index is 13.0. The first-order chi connectivity index (χ1) is 15.3. The fraction of sp³-hybridized carbons (Fsp3) is 0.417. The van der Waals surface area contributed by atoms with Crippen LogP contribution in [0.3, 0.4) is 0 Å². The van der Waals surface area contributed by atoms with Crippen LogP contribution >= 0.6 is 0 Å². The molecule has 1 heterocycles. The molecule has 0 aliphatic carbocycles. The molecule has 8 heteroatoms. The highest BCUT2D eigenvalue weighted by Crippen LogP contribution is 2.23. The number of nitrogens with zero attached hydrogens (tertiary/aromatic N) is 1. The van der Waals surface area contributed by atoms with Crippen LogP contribution in [-0.2, 0) is 25.9 Å². The summed E-state index contributed by atoms with van der Waals surface area (Å²) in [6.45, 7) is 4.60. The molecular weight excluding hydrogens is 430 g/mol. The topological polar surface area (TPSA) is 90.0 Å². The van der Waals surface area contributed by atoms with E-state index in [9.17, 15) is 18.0 Å². The highest BCUT2D eigenvalue weighted by Gasteiger charge is 2.28. The van der Waals surface area contributed by atoms with E-state index in [0.29, 0.717) is 24.3 Å². The van der Waals surface area contributed by atoms with Crippen molar-refractivity contribution in [2.75, 3.05) is 32.9 Å². The Kier molecular flexibility index (Phi) is 8.17. The average Bonchev–Trinajstić information content (AvgIpc) is 2.82. The van der Waals surface area contributed by atoms with Gasteiger partial charge in [-0.15, -0.1) is 0 Å². The lowest BCUT2D eigenvalue weighted by Crippen LogP contribution is -2.40. The lowest BCUT2D eigenvalue weighted by atomic mass is 10.0. The van der Waals surface area contributed by atoms with E-state index in [0.717, 1.165) is 24.8 Å². The molecule has 3 rings (SSSR count). The van der Waals surface area contributed by atoms with E-state index in [1.54, 1.807) is 25.1 Å². The number of unbranched alkanes of at least 4 members (excludes halogenated alkanes) is 1. The Morgan fingerprint density at radius 2 is 1.69 bits per heavy atom. The van der Waals surface area contributed by atoms with Crippen LogP contribution < -0.4 is 0 Å². The van der Waals surface area contributed by atoms with Crippen molar-refractivity contribution in [2.45, 2.75) is 38.0 Å². The lowest BCUT2D eigenvalue weighted by Gasteiger charge is -2.26. The molecule has 1 saturated heterocycles. The number of morpholine rings is 1. The Labute approximate surface area is 189 Å². The van der Waals surface area contributed by atoms with Gasteiger partial charge in [-0.25, -0.2) is 13.2 Å². The second-order valence-electron chi connectivity index (χ2n) is 7.80. The van der Waals surface area contributed by atoms with Crippen LogP contribution in [-0.4, -0.2) is 57.4 Å². The first kappa shape index (κ1) is 24.1. The highest BCUT2D eigenvalue weighted by molar-refractivity contribution is 7.89. The molecule has 0 radical (unpaired) electrons. The quantitative estimate of drug-likeness (QED) is 0.422. The Balaban J connectivity index is 1.66. The Hall–Kier alpha value is -2.55. The SMILES string of the molecule is CCCCc1ccc(C(=O)COC(=O)c2ccc(C)c(S(=O)(=O)N3CCOCC3)c2)cc1. The van der Waals surface area contributed by atoms with Gasteiger partial charge in [0.1, 0.15) is 0 Å². The molecule has 0 saturated carbocycles. The van der Waals surface area contributed by atoms with Crippen LogP contribution in [0.4, 0.5) is 0 Å². The first-order valence-corrected chi connectivity index (χ1v) is 12.2. The van der Waals surface area contributed by atoms with E-state index < -0.39 is 22.6 Å². The molecule has 2 aromatic rings. The summed E-state index contributed by atoms with van der Waals surface area (Å²) < 4.78 is 37.7. The largest absolute Gasteiger partial charge is 0.454 e.